The zero-order valence-electron chi connectivity index (χ0n) is 36.1. The van der Waals surface area contributed by atoms with Gasteiger partial charge in [0, 0.05) is 59.6 Å². The first-order chi connectivity index (χ1) is 31.1. The summed E-state index contributed by atoms with van der Waals surface area (Å²) in [6.07, 6.45) is 13.3. The Morgan fingerprint density at radius 3 is 2.22 bits per heavy atom. The van der Waals surface area contributed by atoms with E-state index >= 15 is 0 Å². The van der Waals surface area contributed by atoms with Gasteiger partial charge >= 0.3 is 12.0 Å². The summed E-state index contributed by atoms with van der Waals surface area (Å²) in [7, 11) is 0. The average Bonchev–Trinajstić information content (AvgIpc) is 4.01. The van der Waals surface area contributed by atoms with Gasteiger partial charge in [-0.05, 0) is 113 Å². The molecule has 1 aliphatic carbocycles. The van der Waals surface area contributed by atoms with Gasteiger partial charge < -0.3 is 40.8 Å². The number of unbranched alkanes of at least 4 members (excludes halogenated alkanes) is 5. The third kappa shape index (κ3) is 16.4. The van der Waals surface area contributed by atoms with Crippen LogP contribution in [0.4, 0.5) is 4.79 Å². The van der Waals surface area contributed by atoms with Crippen molar-refractivity contribution in [2.45, 2.75) is 132 Å². The first-order valence-corrected chi connectivity index (χ1v) is 24.3. The second kappa shape index (κ2) is 25.7. The number of amides is 5. The smallest absolute Gasteiger partial charge is 0.315 e. The molecule has 2 aromatic carbocycles. The molecule has 3 heterocycles. The fraction of sp³-hybridized carbons (Fsp3) is 0.578. The number of thioether (sulfide) groups is 1. The third-order valence-electron chi connectivity index (χ3n) is 11.5. The fourth-order valence-corrected chi connectivity index (χ4v) is 9.93. The van der Waals surface area contributed by atoms with Crippen LogP contribution in [0.3, 0.4) is 0 Å². The molecule has 64 heavy (non-hydrogen) atoms. The van der Waals surface area contributed by atoms with E-state index < -0.39 is 0 Å². The monoisotopic (exact) mass is 942 g/mol. The summed E-state index contributed by atoms with van der Waals surface area (Å²) in [5.41, 5.74) is 1.21. The molecule has 3 aliphatic rings. The van der Waals surface area contributed by atoms with Crippen LogP contribution in [0.25, 0.3) is 11.3 Å². The number of carbonyl (C=O) groups is 5. The van der Waals surface area contributed by atoms with E-state index in [0.29, 0.717) is 77.0 Å². The molecule has 19 heteroatoms. The van der Waals surface area contributed by atoms with Gasteiger partial charge in [0.1, 0.15) is 17.2 Å². The summed E-state index contributed by atoms with van der Waals surface area (Å²) in [6.45, 7) is 1.38. The summed E-state index contributed by atoms with van der Waals surface area (Å²) in [5, 5.41) is 25.0. The van der Waals surface area contributed by atoms with Crippen molar-refractivity contribution in [1.82, 2.24) is 41.6 Å². The molecule has 1 aromatic heterocycles. The number of carbonyl (C=O) groups excluding carboxylic acids is 5. The molecule has 16 nitrogen and oxygen atoms in total. The molecule has 2 unspecified atom stereocenters. The molecule has 1 saturated carbocycles. The summed E-state index contributed by atoms with van der Waals surface area (Å²) in [6, 6.07) is 12.4. The molecule has 0 spiro atoms. The van der Waals surface area contributed by atoms with E-state index in [4.69, 9.17) is 37.4 Å². The van der Waals surface area contributed by atoms with E-state index in [9.17, 15) is 24.0 Å². The number of nitrogens with zero attached hydrogens (tertiary/aromatic N) is 3. The van der Waals surface area contributed by atoms with Gasteiger partial charge in [-0.25, -0.2) is 4.79 Å². The zero-order chi connectivity index (χ0) is 45.1. The SMILES string of the molecule is O=C(CCCC[C@H]1SCC2NC(=O)NC21)NCCCCCOC(=O)CCCCCn1cc(-c2cc(OCC(=O)N[C@H]3CC[C@H](NC(=O)COc4ccc(Cl)cc4)CC3)ccc2Cl)nn1. The average molecular weight is 944 g/mol. The van der Waals surface area contributed by atoms with Crippen LogP contribution in [0.15, 0.2) is 48.7 Å². The summed E-state index contributed by atoms with van der Waals surface area (Å²) >= 11 is 14.3. The van der Waals surface area contributed by atoms with Crippen LogP contribution in [0.1, 0.15) is 96.3 Å². The van der Waals surface area contributed by atoms with Gasteiger partial charge in [0.2, 0.25) is 5.91 Å². The molecular weight excluding hydrogens is 884 g/mol. The molecule has 5 N–H and O–H groups in total. The maximum atomic E-state index is 12.8. The van der Waals surface area contributed by atoms with E-state index in [1.807, 2.05) is 18.0 Å². The van der Waals surface area contributed by atoms with Gasteiger partial charge in [-0.3, -0.25) is 23.9 Å². The number of aromatic nitrogens is 3. The van der Waals surface area contributed by atoms with Gasteiger partial charge in [0.15, 0.2) is 13.2 Å². The van der Waals surface area contributed by atoms with E-state index in [0.717, 1.165) is 82.8 Å². The van der Waals surface area contributed by atoms with Crippen LogP contribution in [0.2, 0.25) is 10.0 Å². The van der Waals surface area contributed by atoms with E-state index in [-0.39, 0.29) is 67.1 Å². The van der Waals surface area contributed by atoms with E-state index in [1.165, 1.54) is 0 Å². The largest absolute Gasteiger partial charge is 0.484 e. The molecule has 3 fully saturated rings. The fourth-order valence-electron chi connectivity index (χ4n) is 8.04. The minimum absolute atomic E-state index is 0.00532. The molecule has 0 radical (unpaired) electrons. The number of rotatable bonds is 26. The normalized spacial score (nSPS) is 20.1. The highest BCUT2D eigenvalue weighted by Crippen LogP contribution is 2.33. The Hall–Kier alpha value is -4.74. The van der Waals surface area contributed by atoms with Crippen molar-refractivity contribution in [3.8, 4) is 22.8 Å². The third-order valence-corrected chi connectivity index (χ3v) is 13.6. The Kier molecular flexibility index (Phi) is 19.5. The highest BCUT2D eigenvalue weighted by Gasteiger charge is 2.42. The van der Waals surface area contributed by atoms with Crippen LogP contribution in [0.5, 0.6) is 11.5 Å². The number of hydrogen-bond donors (Lipinski definition) is 5. The van der Waals surface area contributed by atoms with Gasteiger partial charge in [0.05, 0.1) is 29.9 Å². The first-order valence-electron chi connectivity index (χ1n) is 22.5. The molecule has 0 bridgehead atoms. The summed E-state index contributed by atoms with van der Waals surface area (Å²) in [4.78, 5) is 61.1. The van der Waals surface area contributed by atoms with Crippen LogP contribution < -0.4 is 36.1 Å². The Labute approximate surface area is 388 Å². The predicted molar refractivity (Wildman–Crippen MR) is 245 cm³/mol. The van der Waals surface area contributed by atoms with Crippen molar-refractivity contribution in [1.29, 1.82) is 0 Å². The second-order valence-electron chi connectivity index (χ2n) is 16.5. The lowest BCUT2D eigenvalue weighted by Crippen LogP contribution is -2.45. The lowest BCUT2D eigenvalue weighted by molar-refractivity contribution is -0.144. The Morgan fingerprint density at radius 2 is 1.47 bits per heavy atom. The highest BCUT2D eigenvalue weighted by atomic mass is 35.5. The van der Waals surface area contributed by atoms with Crippen molar-refractivity contribution in [2.75, 3.05) is 32.1 Å². The van der Waals surface area contributed by atoms with Gasteiger partial charge in [-0.15, -0.1) is 5.10 Å². The van der Waals surface area contributed by atoms with Crippen LogP contribution in [-0.2, 0) is 30.5 Å². The number of ether oxygens (including phenoxy) is 3. The number of aryl methyl sites for hydroxylation is 1. The van der Waals surface area contributed by atoms with Gasteiger partial charge in [0.25, 0.3) is 11.8 Å². The Morgan fingerprint density at radius 1 is 0.781 bits per heavy atom. The first kappa shape index (κ1) is 48.7. The molecule has 6 rings (SSSR count). The lowest BCUT2D eigenvalue weighted by Gasteiger charge is -2.29. The minimum atomic E-state index is -0.231. The number of esters is 1. The quantitative estimate of drug-likeness (QED) is 0.0340. The molecule has 348 valence electrons. The highest BCUT2D eigenvalue weighted by molar-refractivity contribution is 8.00. The van der Waals surface area contributed by atoms with E-state index in [1.54, 1.807) is 47.1 Å². The van der Waals surface area contributed by atoms with Crippen molar-refractivity contribution >= 4 is 64.7 Å². The molecule has 2 aliphatic heterocycles. The molecule has 3 aromatic rings. The van der Waals surface area contributed by atoms with Gasteiger partial charge in [-0.1, -0.05) is 41.3 Å². The van der Waals surface area contributed by atoms with Crippen LogP contribution >= 0.6 is 35.0 Å². The van der Waals surface area contributed by atoms with Crippen molar-refractivity contribution in [3.05, 3.63) is 58.7 Å². The Bertz CT molecular complexity index is 2000. The van der Waals surface area contributed by atoms with Crippen molar-refractivity contribution in [3.63, 3.8) is 0 Å². The second-order valence-corrected chi connectivity index (χ2v) is 18.6. The summed E-state index contributed by atoms with van der Waals surface area (Å²) in [5.74, 6) is 1.44. The molecule has 5 amide bonds. The Balaban J connectivity index is 0.754. The zero-order valence-corrected chi connectivity index (χ0v) is 38.5. The molecular formula is C45H60Cl2N8O8S. The topological polar surface area (TPSA) is 204 Å². The number of halogens is 2. The lowest BCUT2D eigenvalue weighted by atomic mass is 9.91. The maximum absolute atomic E-state index is 12.8. The number of urea groups is 1. The standard InChI is InChI=1S/C45H60Cl2N8O8S/c46-30-12-18-33(19-13-30)62-27-41(57)49-31-14-16-32(17-15-31)50-42(58)28-63-34-20-21-36(47)35(25-34)37-26-55(54-53-37)23-7-1-3-11-43(59)61-24-8-2-6-22-48-40(56)10-5-4-9-39-44-38(29-64-39)51-45(60)52-44/h12-13,18-21,25-26,31-32,38-39,44H,1-11,14-17,22-24,27-29H2,(H,48,56)(H,49,57)(H,50,58)(H2,51,52,60)/t31-,32-,38?,39-,44?/m1/s1. The summed E-state index contributed by atoms with van der Waals surface area (Å²) < 4.78 is 18.5. The minimum Gasteiger partial charge on any atom is -0.484 e. The molecule has 2 saturated heterocycles. The number of fused-ring (bicyclic) bond motifs is 1. The number of benzene rings is 2. The maximum Gasteiger partial charge on any atom is 0.315 e. The van der Waals surface area contributed by atoms with Crippen LogP contribution in [-0.4, -0.2) is 106 Å². The predicted octanol–water partition coefficient (Wildman–Crippen LogP) is 6.37. The van der Waals surface area contributed by atoms with Gasteiger partial charge in [-0.2, -0.15) is 11.8 Å². The van der Waals surface area contributed by atoms with Crippen molar-refractivity contribution in [2.24, 2.45) is 0 Å². The van der Waals surface area contributed by atoms with E-state index in [2.05, 4.69) is 36.9 Å². The number of hydrogen-bond acceptors (Lipinski definition) is 11. The molecule has 3 atom stereocenters. The van der Waals surface area contributed by atoms with Crippen molar-refractivity contribution < 1.29 is 38.2 Å². The number of nitrogens with one attached hydrogen (secondary N) is 5. The van der Waals surface area contributed by atoms with Crippen LogP contribution in [0, 0.1) is 0 Å².